The number of benzene rings is 3. The summed E-state index contributed by atoms with van der Waals surface area (Å²) in [5, 5.41) is 12.2. The number of hydrogen-bond donors (Lipinski definition) is 1. The van der Waals surface area contributed by atoms with E-state index in [1.54, 1.807) is 0 Å². The van der Waals surface area contributed by atoms with Crippen LogP contribution in [0.2, 0.25) is 0 Å². The molecule has 0 fully saturated rings. The van der Waals surface area contributed by atoms with Gasteiger partial charge in [0, 0.05) is 6.42 Å². The lowest BCUT2D eigenvalue weighted by Crippen LogP contribution is -2.20. The van der Waals surface area contributed by atoms with E-state index >= 15 is 0 Å². The summed E-state index contributed by atoms with van der Waals surface area (Å²) in [7, 11) is -0.446. The fraction of sp³-hybridized carbons (Fsp3) is 0.174. The maximum Gasteiger partial charge on any atom is 0.303 e. The van der Waals surface area contributed by atoms with Crippen LogP contribution in [0.1, 0.15) is 26.2 Å². The highest BCUT2D eigenvalue weighted by molar-refractivity contribution is 8.93. The molecular formula is C23H26BrO2P. The molecule has 3 rings (SSSR count). The van der Waals surface area contributed by atoms with Crippen molar-refractivity contribution >= 4 is 46.8 Å². The van der Waals surface area contributed by atoms with Gasteiger partial charge in [-0.05, 0) is 30.3 Å². The van der Waals surface area contributed by atoms with Gasteiger partial charge in [0.1, 0.15) is 0 Å². The molecule has 27 heavy (non-hydrogen) atoms. The number of unbranched alkanes of at least 4 members (excludes halogenated alkanes) is 1. The Morgan fingerprint density at radius 2 is 1.07 bits per heavy atom. The van der Waals surface area contributed by atoms with Gasteiger partial charge in [-0.15, -0.1) is 17.0 Å². The zero-order valence-electron chi connectivity index (χ0n) is 15.5. The number of hydrogen-bond acceptors (Lipinski definition) is 1. The second-order valence-corrected chi connectivity index (χ2v) is 8.06. The van der Waals surface area contributed by atoms with Gasteiger partial charge in [-0.3, -0.25) is 4.79 Å². The van der Waals surface area contributed by atoms with E-state index in [0.717, 1.165) is 12.8 Å². The van der Waals surface area contributed by atoms with Crippen molar-refractivity contribution in [3.05, 3.63) is 91.0 Å². The lowest BCUT2D eigenvalue weighted by Gasteiger charge is -2.18. The largest absolute Gasteiger partial charge is 0.481 e. The molecule has 0 heterocycles. The van der Waals surface area contributed by atoms with Crippen LogP contribution in [-0.4, -0.2) is 11.1 Å². The van der Waals surface area contributed by atoms with E-state index in [-0.39, 0.29) is 17.0 Å². The second kappa shape index (κ2) is 13.2. The zero-order chi connectivity index (χ0) is 18.6. The normalized spacial score (nSPS) is 9.70. The van der Waals surface area contributed by atoms with E-state index in [1.807, 2.05) is 6.92 Å². The van der Waals surface area contributed by atoms with E-state index in [0.29, 0.717) is 6.42 Å². The SMILES string of the molecule is Br.CCCCC(=O)O.c1ccc(P(c2ccccc2)c2ccccc2)cc1. The van der Waals surface area contributed by atoms with Gasteiger partial charge in [-0.1, -0.05) is 104 Å². The van der Waals surface area contributed by atoms with Crippen LogP contribution in [0.25, 0.3) is 0 Å². The number of carbonyl (C=O) groups is 1. The predicted molar refractivity (Wildman–Crippen MR) is 123 cm³/mol. The summed E-state index contributed by atoms with van der Waals surface area (Å²) in [5.74, 6) is -0.693. The van der Waals surface area contributed by atoms with Crippen molar-refractivity contribution < 1.29 is 9.90 Å². The first-order valence-corrected chi connectivity index (χ1v) is 10.2. The molecule has 0 radical (unpaired) electrons. The molecule has 0 bridgehead atoms. The van der Waals surface area contributed by atoms with E-state index in [4.69, 9.17) is 5.11 Å². The van der Waals surface area contributed by atoms with E-state index in [2.05, 4.69) is 91.0 Å². The smallest absolute Gasteiger partial charge is 0.303 e. The zero-order valence-corrected chi connectivity index (χ0v) is 18.1. The van der Waals surface area contributed by atoms with Gasteiger partial charge in [0.25, 0.3) is 0 Å². The molecule has 0 unspecified atom stereocenters. The van der Waals surface area contributed by atoms with Gasteiger partial charge < -0.3 is 5.11 Å². The van der Waals surface area contributed by atoms with Crippen molar-refractivity contribution in [2.24, 2.45) is 0 Å². The van der Waals surface area contributed by atoms with Crippen LogP contribution in [0, 0.1) is 0 Å². The van der Waals surface area contributed by atoms with Crippen molar-refractivity contribution in [3.63, 3.8) is 0 Å². The molecule has 3 aromatic carbocycles. The Bertz CT molecular complexity index is 670. The Morgan fingerprint density at radius 1 is 0.741 bits per heavy atom. The van der Waals surface area contributed by atoms with Crippen molar-refractivity contribution in [1.29, 1.82) is 0 Å². The highest BCUT2D eigenvalue weighted by atomic mass is 79.9. The summed E-state index contributed by atoms with van der Waals surface area (Å²) in [6.45, 7) is 1.98. The molecule has 2 nitrogen and oxygen atoms in total. The summed E-state index contributed by atoms with van der Waals surface area (Å²) in [6, 6.07) is 32.3. The van der Waals surface area contributed by atoms with E-state index in [1.165, 1.54) is 15.9 Å². The van der Waals surface area contributed by atoms with Gasteiger partial charge in [0.15, 0.2) is 0 Å². The summed E-state index contributed by atoms with van der Waals surface area (Å²) >= 11 is 0. The molecule has 0 aliphatic carbocycles. The molecule has 0 amide bonds. The molecule has 0 spiro atoms. The fourth-order valence-corrected chi connectivity index (χ4v) is 4.81. The topological polar surface area (TPSA) is 37.3 Å². The van der Waals surface area contributed by atoms with Crippen molar-refractivity contribution in [2.75, 3.05) is 0 Å². The number of carboxylic acid groups (broad SMARTS) is 1. The minimum atomic E-state index is -0.693. The Hall–Kier alpha value is -1.96. The van der Waals surface area contributed by atoms with Gasteiger partial charge in [0.2, 0.25) is 0 Å². The molecule has 1 N–H and O–H groups in total. The highest BCUT2D eigenvalue weighted by Gasteiger charge is 2.14. The Labute approximate surface area is 173 Å². The number of carboxylic acids is 1. The van der Waals surface area contributed by atoms with Crippen molar-refractivity contribution in [1.82, 2.24) is 0 Å². The first-order valence-electron chi connectivity index (χ1n) is 8.89. The lowest BCUT2D eigenvalue weighted by atomic mass is 10.3. The molecule has 142 valence electrons. The molecule has 4 heteroatoms. The standard InChI is InChI=1S/C18H15P.C5H10O2.BrH/c1-4-10-16(11-5-1)19(17-12-6-2-7-13-17)18-14-8-3-9-15-18;1-2-3-4-5(6)7;/h1-15H;2-4H2,1H3,(H,6,7);1H. The Kier molecular flexibility index (Phi) is 11.3. The van der Waals surface area contributed by atoms with Crippen LogP contribution in [0.3, 0.4) is 0 Å². The van der Waals surface area contributed by atoms with Gasteiger partial charge >= 0.3 is 5.97 Å². The van der Waals surface area contributed by atoms with E-state index in [9.17, 15) is 4.79 Å². The Morgan fingerprint density at radius 3 is 1.30 bits per heavy atom. The van der Waals surface area contributed by atoms with Crippen LogP contribution in [0.5, 0.6) is 0 Å². The molecule has 0 aliphatic rings. The first-order chi connectivity index (χ1) is 12.7. The average Bonchev–Trinajstić information content (AvgIpc) is 2.70. The quantitative estimate of drug-likeness (QED) is 0.524. The van der Waals surface area contributed by atoms with Crippen LogP contribution in [-0.2, 0) is 4.79 Å². The molecule has 0 saturated carbocycles. The number of halogens is 1. The number of aliphatic carboxylic acids is 1. The predicted octanol–water partition coefficient (Wildman–Crippen LogP) is 5.28. The van der Waals surface area contributed by atoms with Crippen LogP contribution in [0.15, 0.2) is 91.0 Å². The average molecular weight is 445 g/mol. The Balaban J connectivity index is 0.000000395. The minimum absolute atomic E-state index is 0. The summed E-state index contributed by atoms with van der Waals surface area (Å²) in [5.41, 5.74) is 0. The van der Waals surface area contributed by atoms with Gasteiger partial charge in [-0.25, -0.2) is 0 Å². The third-order valence-electron chi connectivity index (χ3n) is 3.79. The highest BCUT2D eigenvalue weighted by Crippen LogP contribution is 2.32. The van der Waals surface area contributed by atoms with Crippen molar-refractivity contribution in [3.8, 4) is 0 Å². The van der Waals surface area contributed by atoms with Crippen LogP contribution < -0.4 is 15.9 Å². The van der Waals surface area contributed by atoms with Gasteiger partial charge in [-0.2, -0.15) is 0 Å². The van der Waals surface area contributed by atoms with Gasteiger partial charge in [0.05, 0.1) is 0 Å². The molecule has 0 saturated heterocycles. The molecule has 0 aromatic heterocycles. The lowest BCUT2D eigenvalue weighted by molar-refractivity contribution is -0.137. The number of rotatable bonds is 6. The van der Waals surface area contributed by atoms with Crippen LogP contribution >= 0.6 is 24.9 Å². The van der Waals surface area contributed by atoms with E-state index < -0.39 is 13.9 Å². The summed E-state index contributed by atoms with van der Waals surface area (Å²) < 4.78 is 0. The summed E-state index contributed by atoms with van der Waals surface area (Å²) in [4.78, 5) is 9.76. The molecule has 0 atom stereocenters. The molecule has 0 aliphatic heterocycles. The summed E-state index contributed by atoms with van der Waals surface area (Å²) in [6.07, 6.45) is 2.08. The van der Waals surface area contributed by atoms with Crippen LogP contribution in [0.4, 0.5) is 0 Å². The monoisotopic (exact) mass is 444 g/mol. The first kappa shape index (κ1) is 23.1. The van der Waals surface area contributed by atoms with Crippen molar-refractivity contribution in [2.45, 2.75) is 26.2 Å². The molecular weight excluding hydrogens is 419 g/mol. The second-order valence-electron chi connectivity index (χ2n) is 5.84. The third-order valence-corrected chi connectivity index (χ3v) is 6.23. The maximum atomic E-state index is 9.76. The molecule has 3 aromatic rings. The minimum Gasteiger partial charge on any atom is -0.481 e. The third kappa shape index (κ3) is 8.07. The maximum absolute atomic E-state index is 9.76. The fourth-order valence-electron chi connectivity index (χ4n) is 2.51.